The van der Waals surface area contributed by atoms with E-state index in [1.165, 1.54) is 31.8 Å². The molecule has 1 atom stereocenters. The molecule has 3 rings (SSSR count). The molecule has 0 saturated carbocycles. The number of carbonyl (C=O) groups excluding carboxylic acids is 1. The van der Waals surface area contributed by atoms with Gasteiger partial charge in [-0.25, -0.2) is 0 Å². The lowest BCUT2D eigenvalue weighted by Crippen LogP contribution is -2.22. The number of hydrogen-bond donors (Lipinski definition) is 2. The lowest BCUT2D eigenvalue weighted by atomic mass is 10.2. The average Bonchev–Trinajstić information content (AvgIpc) is 3.37. The van der Waals surface area contributed by atoms with Crippen LogP contribution in [-0.2, 0) is 6.54 Å². The SMILES string of the molecule is COc1cc(OC)cc(C(=O)NCc2ccc(C(O)c3ccco3)s2)c1. The number of thiophene rings is 1. The van der Waals surface area contributed by atoms with Crippen molar-refractivity contribution in [1.29, 1.82) is 0 Å². The van der Waals surface area contributed by atoms with Crippen molar-refractivity contribution in [3.8, 4) is 11.5 Å². The Morgan fingerprint density at radius 1 is 1.19 bits per heavy atom. The third-order valence-corrected chi connectivity index (χ3v) is 4.94. The fourth-order valence-corrected chi connectivity index (χ4v) is 3.38. The number of carbonyl (C=O) groups is 1. The summed E-state index contributed by atoms with van der Waals surface area (Å²) in [5.41, 5.74) is 0.452. The van der Waals surface area contributed by atoms with Gasteiger partial charge >= 0.3 is 0 Å². The number of rotatable bonds is 7. The van der Waals surface area contributed by atoms with Crippen LogP contribution < -0.4 is 14.8 Å². The number of aliphatic hydroxyl groups is 1. The number of methoxy groups -OCH3 is 2. The van der Waals surface area contributed by atoms with E-state index in [0.717, 1.165) is 9.75 Å². The number of amides is 1. The Bertz CT molecular complexity index is 850. The van der Waals surface area contributed by atoms with Gasteiger partial charge in [-0.3, -0.25) is 4.79 Å². The minimum atomic E-state index is -0.804. The molecule has 2 N–H and O–H groups in total. The molecule has 0 aliphatic carbocycles. The minimum Gasteiger partial charge on any atom is -0.497 e. The third kappa shape index (κ3) is 4.07. The van der Waals surface area contributed by atoms with Crippen molar-refractivity contribution < 1.29 is 23.8 Å². The molecule has 136 valence electrons. The van der Waals surface area contributed by atoms with Crippen molar-refractivity contribution in [2.45, 2.75) is 12.6 Å². The van der Waals surface area contributed by atoms with Gasteiger partial charge < -0.3 is 24.3 Å². The molecule has 0 spiro atoms. The Labute approximate surface area is 155 Å². The molecule has 7 heteroatoms. The smallest absolute Gasteiger partial charge is 0.251 e. The fraction of sp³-hybridized carbons (Fsp3) is 0.211. The molecule has 3 aromatic rings. The summed E-state index contributed by atoms with van der Waals surface area (Å²) in [6, 6.07) is 12.2. The lowest BCUT2D eigenvalue weighted by Gasteiger charge is -2.09. The summed E-state index contributed by atoms with van der Waals surface area (Å²) >= 11 is 1.42. The summed E-state index contributed by atoms with van der Waals surface area (Å²) in [6.07, 6.45) is 0.720. The molecule has 2 heterocycles. The molecule has 6 nitrogen and oxygen atoms in total. The summed E-state index contributed by atoms with van der Waals surface area (Å²) in [5, 5.41) is 13.1. The van der Waals surface area contributed by atoms with Crippen molar-refractivity contribution in [2.24, 2.45) is 0 Å². The molecule has 0 fully saturated rings. The highest BCUT2D eigenvalue weighted by molar-refractivity contribution is 7.12. The maximum atomic E-state index is 12.4. The quantitative estimate of drug-likeness (QED) is 0.664. The number of benzene rings is 1. The number of hydrogen-bond acceptors (Lipinski definition) is 6. The normalized spacial score (nSPS) is 11.8. The summed E-state index contributed by atoms with van der Waals surface area (Å²) < 4.78 is 15.6. The van der Waals surface area contributed by atoms with Crippen LogP contribution in [0.1, 0.15) is 32.0 Å². The molecule has 1 amide bonds. The van der Waals surface area contributed by atoms with Crippen LogP contribution in [0.25, 0.3) is 0 Å². The van der Waals surface area contributed by atoms with E-state index in [2.05, 4.69) is 5.32 Å². The zero-order chi connectivity index (χ0) is 18.5. The summed E-state index contributed by atoms with van der Waals surface area (Å²) in [5.74, 6) is 1.36. The van der Waals surface area contributed by atoms with E-state index in [4.69, 9.17) is 13.9 Å². The van der Waals surface area contributed by atoms with Crippen LogP contribution in [0.15, 0.2) is 53.1 Å². The molecule has 0 aliphatic heterocycles. The van der Waals surface area contributed by atoms with Crippen LogP contribution in [-0.4, -0.2) is 25.2 Å². The number of nitrogens with one attached hydrogen (secondary N) is 1. The number of aliphatic hydroxyl groups excluding tert-OH is 1. The zero-order valence-electron chi connectivity index (χ0n) is 14.4. The summed E-state index contributed by atoms with van der Waals surface area (Å²) in [6.45, 7) is 0.355. The highest BCUT2D eigenvalue weighted by atomic mass is 32.1. The number of ether oxygens (including phenoxy) is 2. The van der Waals surface area contributed by atoms with Gasteiger partial charge in [0.1, 0.15) is 23.4 Å². The van der Waals surface area contributed by atoms with Crippen molar-refractivity contribution >= 4 is 17.2 Å². The van der Waals surface area contributed by atoms with Gasteiger partial charge in [0.25, 0.3) is 5.91 Å². The van der Waals surface area contributed by atoms with E-state index in [9.17, 15) is 9.90 Å². The van der Waals surface area contributed by atoms with Crippen LogP contribution in [0.4, 0.5) is 0 Å². The van der Waals surface area contributed by atoms with Gasteiger partial charge in [0.05, 0.1) is 27.0 Å². The van der Waals surface area contributed by atoms with Gasteiger partial charge in [0.15, 0.2) is 0 Å². The molecular weight excluding hydrogens is 354 g/mol. The second-order valence-corrected chi connectivity index (χ2v) is 6.71. The Hall–Kier alpha value is -2.77. The van der Waals surface area contributed by atoms with Gasteiger partial charge in [0.2, 0.25) is 0 Å². The van der Waals surface area contributed by atoms with E-state index < -0.39 is 6.10 Å². The lowest BCUT2D eigenvalue weighted by molar-refractivity contribution is 0.0950. The molecule has 1 aromatic carbocycles. The first-order valence-corrected chi connectivity index (χ1v) is 8.73. The van der Waals surface area contributed by atoms with E-state index in [1.54, 1.807) is 30.3 Å². The molecule has 26 heavy (non-hydrogen) atoms. The Kier molecular flexibility index (Phi) is 5.60. The van der Waals surface area contributed by atoms with Crippen molar-refractivity contribution in [2.75, 3.05) is 14.2 Å². The van der Waals surface area contributed by atoms with Gasteiger partial charge in [-0.05, 0) is 36.4 Å². The van der Waals surface area contributed by atoms with E-state index in [-0.39, 0.29) is 5.91 Å². The monoisotopic (exact) mass is 373 g/mol. The van der Waals surface area contributed by atoms with Crippen LogP contribution in [0.3, 0.4) is 0 Å². The van der Waals surface area contributed by atoms with Crippen molar-refractivity contribution in [3.63, 3.8) is 0 Å². The summed E-state index contributed by atoms with van der Waals surface area (Å²) in [4.78, 5) is 14.1. The zero-order valence-corrected chi connectivity index (χ0v) is 15.2. The van der Waals surface area contributed by atoms with Crippen LogP contribution in [0.5, 0.6) is 11.5 Å². The topological polar surface area (TPSA) is 80.9 Å². The second-order valence-electron chi connectivity index (χ2n) is 5.51. The average molecular weight is 373 g/mol. The predicted octanol–water partition coefficient (Wildman–Crippen LogP) is 3.37. The van der Waals surface area contributed by atoms with E-state index in [1.807, 2.05) is 12.1 Å². The predicted molar refractivity (Wildman–Crippen MR) is 97.8 cm³/mol. The van der Waals surface area contributed by atoms with Crippen LogP contribution in [0, 0.1) is 0 Å². The van der Waals surface area contributed by atoms with Crippen LogP contribution in [0.2, 0.25) is 0 Å². The molecule has 2 aromatic heterocycles. The highest BCUT2D eigenvalue weighted by Crippen LogP contribution is 2.29. The number of furan rings is 1. The maximum Gasteiger partial charge on any atom is 0.251 e. The molecule has 0 aliphatic rings. The first-order chi connectivity index (χ1) is 12.6. The van der Waals surface area contributed by atoms with Gasteiger partial charge in [-0.15, -0.1) is 11.3 Å². The first-order valence-electron chi connectivity index (χ1n) is 7.92. The van der Waals surface area contributed by atoms with Gasteiger partial charge in [0, 0.05) is 21.4 Å². The fourth-order valence-electron chi connectivity index (χ4n) is 2.43. The third-order valence-electron chi connectivity index (χ3n) is 3.80. The Morgan fingerprint density at radius 2 is 1.92 bits per heavy atom. The summed E-state index contributed by atoms with van der Waals surface area (Å²) in [7, 11) is 3.07. The standard InChI is InChI=1S/C19H19NO5S/c1-23-13-8-12(9-14(10-13)24-2)19(22)20-11-15-5-6-17(26-15)18(21)16-4-3-7-25-16/h3-10,18,21H,11H2,1-2H3,(H,20,22). The van der Waals surface area contributed by atoms with Gasteiger partial charge in [-0.1, -0.05) is 0 Å². The van der Waals surface area contributed by atoms with E-state index in [0.29, 0.717) is 29.4 Å². The first kappa shape index (κ1) is 18.0. The minimum absolute atomic E-state index is 0.233. The van der Waals surface area contributed by atoms with E-state index >= 15 is 0 Å². The molecule has 0 saturated heterocycles. The molecule has 0 bridgehead atoms. The Morgan fingerprint density at radius 3 is 2.54 bits per heavy atom. The van der Waals surface area contributed by atoms with Gasteiger partial charge in [-0.2, -0.15) is 0 Å². The molecule has 1 unspecified atom stereocenters. The van der Waals surface area contributed by atoms with Crippen molar-refractivity contribution in [1.82, 2.24) is 5.32 Å². The second kappa shape index (κ2) is 8.07. The molecular formula is C19H19NO5S. The largest absolute Gasteiger partial charge is 0.497 e. The molecule has 0 radical (unpaired) electrons. The highest BCUT2D eigenvalue weighted by Gasteiger charge is 2.16. The van der Waals surface area contributed by atoms with Crippen LogP contribution >= 0.6 is 11.3 Å². The maximum absolute atomic E-state index is 12.4. The van der Waals surface area contributed by atoms with Crippen molar-refractivity contribution in [3.05, 3.63) is 69.8 Å². The Balaban J connectivity index is 1.65.